The van der Waals surface area contributed by atoms with Crippen LogP contribution in [0.1, 0.15) is 24.9 Å². The number of rotatable bonds is 7. The number of hydrogen-bond donors (Lipinski definition) is 1. The standard InChI is InChI=1S/C18H29N3O5S/c1-14(16-12-15(25-2)6-7-17(16)26-3)19-18(22)13-20-8-5-9-21(11-10-20)27(4,23)24/h6-7,12,14H,5,8-11,13H2,1-4H3,(H,19,22). The molecule has 9 heteroatoms. The number of nitrogens with one attached hydrogen (secondary N) is 1. The molecular formula is C18H29N3O5S. The van der Waals surface area contributed by atoms with E-state index in [0.29, 0.717) is 44.1 Å². The lowest BCUT2D eigenvalue weighted by molar-refractivity contribution is -0.122. The molecule has 0 aromatic heterocycles. The predicted molar refractivity (Wildman–Crippen MR) is 104 cm³/mol. The molecular weight excluding hydrogens is 370 g/mol. The summed E-state index contributed by atoms with van der Waals surface area (Å²) < 4.78 is 35.5. The SMILES string of the molecule is COc1ccc(OC)c(C(C)NC(=O)CN2CCCN(S(C)(=O)=O)CC2)c1. The molecule has 1 aliphatic rings. The van der Waals surface area contributed by atoms with Gasteiger partial charge in [0.2, 0.25) is 15.9 Å². The minimum atomic E-state index is -3.19. The number of hydrogen-bond acceptors (Lipinski definition) is 6. The predicted octanol–water partition coefficient (Wildman–Crippen LogP) is 0.848. The highest BCUT2D eigenvalue weighted by Crippen LogP contribution is 2.29. The first kappa shape index (κ1) is 21.5. The monoisotopic (exact) mass is 399 g/mol. The summed E-state index contributed by atoms with van der Waals surface area (Å²) in [5.74, 6) is 1.27. The van der Waals surface area contributed by atoms with Crippen molar-refractivity contribution in [1.82, 2.24) is 14.5 Å². The van der Waals surface area contributed by atoms with Crippen LogP contribution >= 0.6 is 0 Å². The van der Waals surface area contributed by atoms with Crippen LogP contribution in [0.25, 0.3) is 0 Å². The topological polar surface area (TPSA) is 88.2 Å². The largest absolute Gasteiger partial charge is 0.497 e. The van der Waals surface area contributed by atoms with Crippen molar-refractivity contribution in [3.8, 4) is 11.5 Å². The number of sulfonamides is 1. The van der Waals surface area contributed by atoms with Gasteiger partial charge in [0.25, 0.3) is 0 Å². The number of methoxy groups -OCH3 is 2. The van der Waals surface area contributed by atoms with Gasteiger partial charge in [-0.05, 0) is 38.1 Å². The second-order valence-corrected chi connectivity index (χ2v) is 8.67. The average Bonchev–Trinajstić information content (AvgIpc) is 2.86. The molecule has 8 nitrogen and oxygen atoms in total. The van der Waals surface area contributed by atoms with Gasteiger partial charge in [-0.2, -0.15) is 0 Å². The van der Waals surface area contributed by atoms with Crippen molar-refractivity contribution < 1.29 is 22.7 Å². The number of ether oxygens (including phenoxy) is 2. The second kappa shape index (κ2) is 9.38. The van der Waals surface area contributed by atoms with Crippen LogP contribution in [-0.4, -0.2) is 76.7 Å². The Hall–Kier alpha value is -1.84. The molecule has 1 atom stereocenters. The highest BCUT2D eigenvalue weighted by molar-refractivity contribution is 7.88. The van der Waals surface area contributed by atoms with Crippen LogP contribution in [0.3, 0.4) is 0 Å². The Bertz CT molecular complexity index is 753. The van der Waals surface area contributed by atoms with Crippen LogP contribution in [-0.2, 0) is 14.8 Å². The first-order valence-electron chi connectivity index (χ1n) is 8.93. The van der Waals surface area contributed by atoms with Crippen molar-refractivity contribution in [3.63, 3.8) is 0 Å². The summed E-state index contributed by atoms with van der Waals surface area (Å²) in [4.78, 5) is 14.5. The number of amides is 1. The maximum Gasteiger partial charge on any atom is 0.234 e. The highest BCUT2D eigenvalue weighted by atomic mass is 32.2. The molecule has 1 heterocycles. The first-order chi connectivity index (χ1) is 12.7. The van der Waals surface area contributed by atoms with Crippen molar-refractivity contribution in [3.05, 3.63) is 23.8 Å². The zero-order chi connectivity index (χ0) is 20.0. The Morgan fingerprint density at radius 2 is 1.93 bits per heavy atom. The molecule has 0 saturated carbocycles. The van der Waals surface area contributed by atoms with E-state index in [1.54, 1.807) is 14.2 Å². The average molecular weight is 400 g/mol. The molecule has 0 radical (unpaired) electrons. The van der Waals surface area contributed by atoms with Crippen LogP contribution in [0.4, 0.5) is 0 Å². The fraction of sp³-hybridized carbons (Fsp3) is 0.611. The van der Waals surface area contributed by atoms with Gasteiger partial charge in [-0.25, -0.2) is 12.7 Å². The van der Waals surface area contributed by atoms with Gasteiger partial charge in [0.1, 0.15) is 11.5 Å². The van der Waals surface area contributed by atoms with Gasteiger partial charge in [0.15, 0.2) is 0 Å². The van der Waals surface area contributed by atoms with Gasteiger partial charge in [0.05, 0.1) is 33.1 Å². The summed E-state index contributed by atoms with van der Waals surface area (Å²) in [6, 6.07) is 5.22. The van der Waals surface area contributed by atoms with Gasteiger partial charge in [0, 0.05) is 25.2 Å². The van der Waals surface area contributed by atoms with E-state index in [2.05, 4.69) is 5.32 Å². The molecule has 0 aliphatic carbocycles. The van der Waals surface area contributed by atoms with E-state index < -0.39 is 10.0 Å². The molecule has 2 rings (SSSR count). The fourth-order valence-corrected chi connectivity index (χ4v) is 4.06. The molecule has 1 aliphatic heterocycles. The van der Waals surface area contributed by atoms with E-state index in [4.69, 9.17) is 9.47 Å². The molecule has 1 unspecified atom stereocenters. The summed E-state index contributed by atoms with van der Waals surface area (Å²) in [6.45, 7) is 4.25. The lowest BCUT2D eigenvalue weighted by atomic mass is 10.1. The van der Waals surface area contributed by atoms with E-state index in [1.165, 1.54) is 10.6 Å². The molecule has 1 fully saturated rings. The van der Waals surface area contributed by atoms with Gasteiger partial charge in [-0.1, -0.05) is 0 Å². The summed E-state index contributed by atoms with van der Waals surface area (Å²) in [6.07, 6.45) is 1.93. The number of carbonyl (C=O) groups is 1. The molecule has 0 spiro atoms. The maximum absolute atomic E-state index is 12.5. The molecule has 152 valence electrons. The van der Waals surface area contributed by atoms with E-state index in [-0.39, 0.29) is 18.5 Å². The Kier molecular flexibility index (Phi) is 7.46. The molecule has 1 N–H and O–H groups in total. The zero-order valence-corrected chi connectivity index (χ0v) is 17.2. The van der Waals surface area contributed by atoms with E-state index in [0.717, 1.165) is 5.56 Å². The normalized spacial score (nSPS) is 17.8. The van der Waals surface area contributed by atoms with E-state index >= 15 is 0 Å². The van der Waals surface area contributed by atoms with Crippen LogP contribution in [0, 0.1) is 0 Å². The second-order valence-electron chi connectivity index (χ2n) is 6.69. The molecule has 1 saturated heterocycles. The molecule has 1 aromatic carbocycles. The minimum absolute atomic E-state index is 0.111. The number of nitrogens with zero attached hydrogens (tertiary/aromatic N) is 2. The summed E-state index contributed by atoms with van der Waals surface area (Å²) >= 11 is 0. The third kappa shape index (κ3) is 6.08. The molecule has 27 heavy (non-hydrogen) atoms. The Morgan fingerprint density at radius 1 is 1.19 bits per heavy atom. The Morgan fingerprint density at radius 3 is 2.56 bits per heavy atom. The van der Waals surface area contributed by atoms with Crippen molar-refractivity contribution in [2.75, 3.05) is 53.2 Å². The zero-order valence-electron chi connectivity index (χ0n) is 16.4. The molecule has 1 amide bonds. The van der Waals surface area contributed by atoms with Crippen molar-refractivity contribution in [2.45, 2.75) is 19.4 Å². The Labute approximate surface area is 161 Å². The van der Waals surface area contributed by atoms with Crippen LogP contribution in [0.5, 0.6) is 11.5 Å². The third-order valence-corrected chi connectivity index (χ3v) is 5.97. The molecule has 0 bridgehead atoms. The van der Waals surface area contributed by atoms with E-state index in [9.17, 15) is 13.2 Å². The molecule has 1 aromatic rings. The first-order valence-corrected chi connectivity index (χ1v) is 10.8. The van der Waals surface area contributed by atoms with Crippen molar-refractivity contribution in [2.24, 2.45) is 0 Å². The van der Waals surface area contributed by atoms with Crippen molar-refractivity contribution in [1.29, 1.82) is 0 Å². The van der Waals surface area contributed by atoms with Gasteiger partial charge in [-0.3, -0.25) is 9.69 Å². The van der Waals surface area contributed by atoms with Crippen molar-refractivity contribution >= 4 is 15.9 Å². The highest BCUT2D eigenvalue weighted by Gasteiger charge is 2.23. The quantitative estimate of drug-likeness (QED) is 0.731. The number of benzene rings is 1. The van der Waals surface area contributed by atoms with Crippen LogP contribution < -0.4 is 14.8 Å². The number of carbonyl (C=O) groups excluding carboxylic acids is 1. The smallest absolute Gasteiger partial charge is 0.234 e. The third-order valence-electron chi connectivity index (χ3n) is 4.66. The lowest BCUT2D eigenvalue weighted by Crippen LogP contribution is -2.40. The summed E-state index contributed by atoms with van der Waals surface area (Å²) in [5.41, 5.74) is 0.837. The summed E-state index contributed by atoms with van der Waals surface area (Å²) in [7, 11) is -0.0110. The summed E-state index contributed by atoms with van der Waals surface area (Å²) in [5, 5.41) is 2.98. The van der Waals surface area contributed by atoms with Gasteiger partial charge in [-0.15, -0.1) is 0 Å². The van der Waals surface area contributed by atoms with E-state index in [1.807, 2.05) is 30.0 Å². The fourth-order valence-electron chi connectivity index (χ4n) is 3.18. The van der Waals surface area contributed by atoms with Crippen LogP contribution in [0.15, 0.2) is 18.2 Å². The minimum Gasteiger partial charge on any atom is -0.497 e. The lowest BCUT2D eigenvalue weighted by Gasteiger charge is -2.22. The van der Waals surface area contributed by atoms with Gasteiger partial charge < -0.3 is 14.8 Å². The Balaban J connectivity index is 1.95. The van der Waals surface area contributed by atoms with Gasteiger partial charge >= 0.3 is 0 Å². The van der Waals surface area contributed by atoms with Crippen LogP contribution in [0.2, 0.25) is 0 Å². The maximum atomic E-state index is 12.5.